The number of carboxylic acid groups (broad SMARTS) is 1. The lowest BCUT2D eigenvalue weighted by atomic mass is 10.00. The smallest absolute Gasteiger partial charge is 0.339 e. The van der Waals surface area contributed by atoms with Crippen LogP contribution in [-0.2, 0) is 4.74 Å². The van der Waals surface area contributed by atoms with Crippen molar-refractivity contribution in [3.05, 3.63) is 33.3 Å². The molecule has 0 amide bonds. The van der Waals surface area contributed by atoms with Gasteiger partial charge >= 0.3 is 11.9 Å². The number of esters is 1. The molecule has 122 valence electrons. The van der Waals surface area contributed by atoms with Crippen LogP contribution in [-0.4, -0.2) is 22.6 Å². The molecule has 0 aromatic heterocycles. The monoisotopic (exact) mass is 346 g/mol. The van der Waals surface area contributed by atoms with Crippen LogP contribution in [0.15, 0.2) is 12.1 Å². The molecule has 0 fully saturated rings. The molecule has 0 saturated carbocycles. The largest absolute Gasteiger partial charge is 0.478 e. The van der Waals surface area contributed by atoms with Crippen LogP contribution in [0.4, 0.5) is 0 Å². The summed E-state index contributed by atoms with van der Waals surface area (Å²) >= 11 is 11.7. The molecule has 0 heterocycles. The highest BCUT2D eigenvalue weighted by molar-refractivity contribution is 6.42. The predicted octanol–water partition coefficient (Wildman–Crippen LogP) is 5.21. The Morgan fingerprint density at radius 2 is 1.68 bits per heavy atom. The molecule has 4 nitrogen and oxygen atoms in total. The minimum absolute atomic E-state index is 0.0813. The van der Waals surface area contributed by atoms with E-state index in [1.807, 2.05) is 0 Å². The average molecular weight is 347 g/mol. The minimum Gasteiger partial charge on any atom is -0.478 e. The van der Waals surface area contributed by atoms with Crippen LogP contribution in [0.2, 0.25) is 10.0 Å². The van der Waals surface area contributed by atoms with Crippen LogP contribution in [0.25, 0.3) is 0 Å². The molecule has 0 aliphatic heterocycles. The summed E-state index contributed by atoms with van der Waals surface area (Å²) in [6.45, 7) is 5.70. The highest BCUT2D eigenvalue weighted by Crippen LogP contribution is 2.28. The van der Waals surface area contributed by atoms with Crippen molar-refractivity contribution in [1.82, 2.24) is 0 Å². The molecule has 22 heavy (non-hydrogen) atoms. The van der Waals surface area contributed by atoms with Crippen molar-refractivity contribution in [3.63, 3.8) is 0 Å². The molecule has 0 aliphatic carbocycles. The van der Waals surface area contributed by atoms with Crippen LogP contribution in [0, 0.1) is 0 Å². The second-order valence-corrected chi connectivity index (χ2v) is 6.54. The molecule has 0 saturated heterocycles. The first kappa shape index (κ1) is 18.8. The van der Waals surface area contributed by atoms with Crippen molar-refractivity contribution in [2.75, 3.05) is 0 Å². The topological polar surface area (TPSA) is 63.6 Å². The van der Waals surface area contributed by atoms with Crippen molar-refractivity contribution >= 4 is 35.1 Å². The molecule has 1 rings (SSSR count). The van der Waals surface area contributed by atoms with E-state index in [0.717, 1.165) is 25.3 Å². The summed E-state index contributed by atoms with van der Waals surface area (Å²) < 4.78 is 5.45. The first-order chi connectivity index (χ1) is 10.2. The molecular weight excluding hydrogens is 327 g/mol. The number of hydrogen-bond donors (Lipinski definition) is 1. The maximum Gasteiger partial charge on any atom is 0.339 e. The van der Waals surface area contributed by atoms with E-state index in [-0.39, 0.29) is 21.2 Å². The van der Waals surface area contributed by atoms with Gasteiger partial charge in [0.05, 0.1) is 21.2 Å². The van der Waals surface area contributed by atoms with E-state index in [2.05, 4.69) is 6.92 Å². The van der Waals surface area contributed by atoms with Crippen LogP contribution < -0.4 is 0 Å². The predicted molar refractivity (Wildman–Crippen MR) is 87.1 cm³/mol. The van der Waals surface area contributed by atoms with Gasteiger partial charge in [-0.2, -0.15) is 0 Å². The van der Waals surface area contributed by atoms with Gasteiger partial charge in [0.15, 0.2) is 0 Å². The number of carboxylic acids is 1. The third-order valence-electron chi connectivity index (χ3n) is 3.26. The van der Waals surface area contributed by atoms with Crippen molar-refractivity contribution in [2.24, 2.45) is 0 Å². The Hall–Kier alpha value is -1.26. The summed E-state index contributed by atoms with van der Waals surface area (Å²) in [4.78, 5) is 23.6. The first-order valence-corrected chi connectivity index (χ1v) is 7.89. The van der Waals surface area contributed by atoms with Crippen LogP contribution in [0.3, 0.4) is 0 Å². The van der Waals surface area contributed by atoms with Crippen LogP contribution in [0.1, 0.15) is 67.2 Å². The van der Waals surface area contributed by atoms with Crippen LogP contribution >= 0.6 is 23.2 Å². The van der Waals surface area contributed by atoms with Gasteiger partial charge in [0.25, 0.3) is 0 Å². The zero-order valence-electron chi connectivity index (χ0n) is 12.9. The van der Waals surface area contributed by atoms with Gasteiger partial charge in [-0.3, -0.25) is 0 Å². The zero-order valence-corrected chi connectivity index (χ0v) is 14.4. The summed E-state index contributed by atoms with van der Waals surface area (Å²) in [5.74, 6) is -1.97. The standard InChI is InChI=1S/C16H20Cl2O4/c1-4-5-6-7-16(2,3)22-15(21)11-9-13(18)12(17)8-10(11)14(19)20/h8-9H,4-7H2,1-3H3,(H,19,20). The second-order valence-electron chi connectivity index (χ2n) is 5.72. The fraction of sp³-hybridized carbons (Fsp3) is 0.500. The van der Waals surface area contributed by atoms with Crippen molar-refractivity contribution in [1.29, 1.82) is 0 Å². The molecule has 6 heteroatoms. The summed E-state index contributed by atoms with van der Waals surface area (Å²) in [5.41, 5.74) is -0.983. The highest BCUT2D eigenvalue weighted by Gasteiger charge is 2.27. The number of ether oxygens (including phenoxy) is 1. The highest BCUT2D eigenvalue weighted by atomic mass is 35.5. The second kappa shape index (κ2) is 7.84. The minimum atomic E-state index is -1.26. The lowest BCUT2D eigenvalue weighted by Crippen LogP contribution is -2.29. The third-order valence-corrected chi connectivity index (χ3v) is 3.98. The molecule has 1 aromatic carbocycles. The number of carbonyl (C=O) groups excluding carboxylic acids is 1. The van der Waals surface area contributed by atoms with Gasteiger partial charge < -0.3 is 9.84 Å². The van der Waals surface area contributed by atoms with Crippen molar-refractivity contribution in [2.45, 2.75) is 52.1 Å². The van der Waals surface area contributed by atoms with Gasteiger partial charge in [-0.1, -0.05) is 43.0 Å². The fourth-order valence-corrected chi connectivity index (χ4v) is 2.38. The normalized spacial score (nSPS) is 11.3. The molecule has 0 spiro atoms. The van der Waals surface area contributed by atoms with Crippen molar-refractivity contribution in [3.8, 4) is 0 Å². The number of aromatic carboxylic acids is 1. The Labute approximate surface area is 140 Å². The van der Waals surface area contributed by atoms with E-state index in [1.165, 1.54) is 6.07 Å². The molecule has 1 N–H and O–H groups in total. The SMILES string of the molecule is CCCCCC(C)(C)OC(=O)c1cc(Cl)c(Cl)cc1C(=O)O. The van der Waals surface area contributed by atoms with E-state index < -0.39 is 17.5 Å². The number of benzene rings is 1. The van der Waals surface area contributed by atoms with Crippen molar-refractivity contribution < 1.29 is 19.4 Å². The fourth-order valence-electron chi connectivity index (χ4n) is 2.05. The van der Waals surface area contributed by atoms with Gasteiger partial charge in [-0.15, -0.1) is 0 Å². The summed E-state index contributed by atoms with van der Waals surface area (Å²) in [7, 11) is 0. The molecule has 0 unspecified atom stereocenters. The molecule has 0 radical (unpaired) electrons. The van der Waals surface area contributed by atoms with Gasteiger partial charge in [0.2, 0.25) is 0 Å². The number of rotatable bonds is 7. The van der Waals surface area contributed by atoms with Gasteiger partial charge in [0, 0.05) is 0 Å². The van der Waals surface area contributed by atoms with E-state index in [0.29, 0.717) is 6.42 Å². The van der Waals surface area contributed by atoms with Crippen LogP contribution in [0.5, 0.6) is 0 Å². The summed E-state index contributed by atoms with van der Waals surface area (Å²) in [5, 5.41) is 9.39. The van der Waals surface area contributed by atoms with Gasteiger partial charge in [0.1, 0.15) is 5.60 Å². The maximum atomic E-state index is 12.3. The van der Waals surface area contributed by atoms with Gasteiger partial charge in [-0.25, -0.2) is 9.59 Å². The van der Waals surface area contributed by atoms with E-state index in [1.54, 1.807) is 13.8 Å². The van der Waals surface area contributed by atoms with E-state index in [9.17, 15) is 14.7 Å². The zero-order chi connectivity index (χ0) is 16.9. The lowest BCUT2D eigenvalue weighted by molar-refractivity contribution is -0.00574. The Bertz CT molecular complexity index is 568. The number of halogens is 2. The summed E-state index contributed by atoms with van der Waals surface area (Å²) in [6, 6.07) is 2.39. The molecular formula is C16H20Cl2O4. The van der Waals surface area contributed by atoms with E-state index >= 15 is 0 Å². The number of hydrogen-bond acceptors (Lipinski definition) is 3. The molecule has 0 atom stereocenters. The third kappa shape index (κ3) is 5.18. The average Bonchev–Trinajstić information content (AvgIpc) is 2.40. The Morgan fingerprint density at radius 3 is 2.18 bits per heavy atom. The quantitative estimate of drug-likeness (QED) is 0.543. The molecule has 0 bridgehead atoms. The first-order valence-electron chi connectivity index (χ1n) is 7.13. The Balaban J connectivity index is 2.98. The molecule has 0 aliphatic rings. The maximum absolute atomic E-state index is 12.3. The summed E-state index contributed by atoms with van der Waals surface area (Å²) in [6.07, 6.45) is 3.76. The number of carbonyl (C=O) groups is 2. The lowest BCUT2D eigenvalue weighted by Gasteiger charge is -2.25. The van der Waals surface area contributed by atoms with E-state index in [4.69, 9.17) is 27.9 Å². The van der Waals surface area contributed by atoms with Gasteiger partial charge in [-0.05, 0) is 38.8 Å². The Kier molecular flexibility index (Phi) is 6.69. The Morgan fingerprint density at radius 1 is 1.14 bits per heavy atom. The molecule has 1 aromatic rings. The number of unbranched alkanes of at least 4 members (excludes halogenated alkanes) is 2.